The number of anilines is 2. The highest BCUT2D eigenvalue weighted by atomic mass is 16.5. The predicted octanol–water partition coefficient (Wildman–Crippen LogP) is 2.75. The minimum atomic E-state index is -0.550. The van der Waals surface area contributed by atoms with Gasteiger partial charge in [0, 0.05) is 43.8 Å². The van der Waals surface area contributed by atoms with Gasteiger partial charge < -0.3 is 15.8 Å². The minimum absolute atomic E-state index is 0.145. The van der Waals surface area contributed by atoms with Crippen molar-refractivity contribution in [2.75, 3.05) is 31.2 Å². The van der Waals surface area contributed by atoms with E-state index in [-0.39, 0.29) is 11.8 Å². The Labute approximate surface area is 218 Å². The van der Waals surface area contributed by atoms with E-state index in [4.69, 9.17) is 15.5 Å². The number of nitrogens with zero attached hydrogens (tertiary/aromatic N) is 5. The maximum Gasteiger partial charge on any atom is 0.271 e. The molecule has 1 aliphatic rings. The minimum Gasteiger partial charge on any atom is -0.491 e. The molecular formula is C28H27N7O3. The fraction of sp³-hybridized carbons (Fsp3) is 0.250. The second-order valence-electron chi connectivity index (χ2n) is 9.48. The molecule has 10 heteroatoms. The van der Waals surface area contributed by atoms with Crippen molar-refractivity contribution in [1.82, 2.24) is 24.4 Å². The number of nitrogen functional groups attached to an aromatic ring is 1. The van der Waals surface area contributed by atoms with E-state index in [1.807, 2.05) is 28.8 Å². The van der Waals surface area contributed by atoms with E-state index >= 15 is 0 Å². The van der Waals surface area contributed by atoms with Gasteiger partial charge in [-0.1, -0.05) is 12.1 Å². The zero-order valence-electron chi connectivity index (χ0n) is 20.9. The number of imidazole rings is 1. The Morgan fingerprint density at radius 3 is 2.47 bits per heavy atom. The summed E-state index contributed by atoms with van der Waals surface area (Å²) in [6.45, 7) is 2.59. The third-order valence-electron chi connectivity index (χ3n) is 7.10. The molecule has 3 aromatic heterocycles. The molecule has 1 aliphatic heterocycles. The van der Waals surface area contributed by atoms with Crippen LogP contribution in [0.2, 0.25) is 0 Å². The van der Waals surface area contributed by atoms with Crippen LogP contribution in [0.3, 0.4) is 0 Å². The van der Waals surface area contributed by atoms with Crippen molar-refractivity contribution < 1.29 is 4.74 Å². The summed E-state index contributed by atoms with van der Waals surface area (Å²) in [5.41, 5.74) is 9.91. The molecule has 3 N–H and O–H groups in total. The van der Waals surface area contributed by atoms with Crippen molar-refractivity contribution in [3.8, 4) is 22.8 Å². The van der Waals surface area contributed by atoms with Crippen LogP contribution in [0, 0.1) is 0 Å². The first kappa shape index (κ1) is 23.8. The molecule has 0 atom stereocenters. The molecular weight excluding hydrogens is 482 g/mol. The smallest absolute Gasteiger partial charge is 0.271 e. The fourth-order valence-electron chi connectivity index (χ4n) is 5.09. The van der Waals surface area contributed by atoms with Gasteiger partial charge in [-0.25, -0.2) is 15.0 Å². The number of aromatic nitrogens is 4. The molecule has 10 nitrogen and oxygen atoms in total. The molecule has 5 aromatic rings. The van der Waals surface area contributed by atoms with Crippen molar-refractivity contribution in [1.29, 1.82) is 0 Å². The first-order valence-corrected chi connectivity index (χ1v) is 12.5. The summed E-state index contributed by atoms with van der Waals surface area (Å²) < 4.78 is 7.05. The number of ether oxygens (including phenoxy) is 1. The summed E-state index contributed by atoms with van der Waals surface area (Å²) >= 11 is 0. The molecule has 0 unspecified atom stereocenters. The number of pyridine rings is 2. The van der Waals surface area contributed by atoms with Crippen molar-refractivity contribution in [3.05, 3.63) is 86.9 Å². The summed E-state index contributed by atoms with van der Waals surface area (Å²) in [6.07, 6.45) is 5.18. The highest BCUT2D eigenvalue weighted by Gasteiger charge is 2.26. The number of fused-ring (bicyclic) bond motifs is 1. The second kappa shape index (κ2) is 9.71. The van der Waals surface area contributed by atoms with Crippen molar-refractivity contribution in [3.63, 3.8) is 0 Å². The SMILES string of the molecule is COc1c(NC2CCN(Cc3ccc(-n4c(-c5cccnc5N)nc5cccnc54)cc3)CC2)c(=O)c1=O. The number of benzene rings is 1. The molecule has 38 heavy (non-hydrogen) atoms. The first-order chi connectivity index (χ1) is 18.5. The standard InChI is InChI=1S/C28H27N7O3/c1-38-25-22(23(36)24(25)37)32-18-10-14-34(15-11-18)16-17-6-8-19(9-7-17)35-27(20-4-2-12-30-26(20)29)33-21-5-3-13-31-28(21)35/h2-9,12-13,18,32H,10-11,14-16H2,1H3,(H2,29,30). The van der Waals surface area contributed by atoms with Gasteiger partial charge in [0.25, 0.3) is 10.9 Å². The summed E-state index contributed by atoms with van der Waals surface area (Å²) in [6, 6.07) is 16.1. The third kappa shape index (κ3) is 4.18. The lowest BCUT2D eigenvalue weighted by Crippen LogP contribution is -2.42. The predicted molar refractivity (Wildman–Crippen MR) is 146 cm³/mol. The number of rotatable bonds is 7. The van der Waals surface area contributed by atoms with Crippen LogP contribution in [0.15, 0.2) is 70.5 Å². The van der Waals surface area contributed by atoms with Crippen LogP contribution in [0.25, 0.3) is 28.2 Å². The Kier molecular flexibility index (Phi) is 6.09. The number of piperidine rings is 1. The van der Waals surface area contributed by atoms with Gasteiger partial charge in [0.05, 0.1) is 12.7 Å². The lowest BCUT2D eigenvalue weighted by molar-refractivity contribution is 0.211. The lowest BCUT2D eigenvalue weighted by atomic mass is 10.0. The molecule has 0 aliphatic carbocycles. The normalized spacial score (nSPS) is 14.8. The van der Waals surface area contributed by atoms with E-state index in [1.54, 1.807) is 12.4 Å². The number of methoxy groups -OCH3 is 1. The molecule has 1 saturated heterocycles. The fourth-order valence-corrected chi connectivity index (χ4v) is 5.09. The van der Waals surface area contributed by atoms with Crippen molar-refractivity contribution in [2.24, 2.45) is 0 Å². The molecule has 2 aromatic carbocycles. The van der Waals surface area contributed by atoms with E-state index in [1.165, 1.54) is 12.7 Å². The van der Waals surface area contributed by atoms with Gasteiger partial charge in [-0.05, 0) is 54.8 Å². The van der Waals surface area contributed by atoms with Gasteiger partial charge in [-0.2, -0.15) is 0 Å². The van der Waals surface area contributed by atoms with Gasteiger partial charge >= 0.3 is 0 Å². The Hall–Kier alpha value is -4.57. The highest BCUT2D eigenvalue weighted by molar-refractivity contribution is 5.82. The number of nitrogens with one attached hydrogen (secondary N) is 1. The van der Waals surface area contributed by atoms with E-state index in [2.05, 4.69) is 44.5 Å². The van der Waals surface area contributed by atoms with Crippen LogP contribution in [0.5, 0.6) is 5.75 Å². The summed E-state index contributed by atoms with van der Waals surface area (Å²) in [7, 11) is 1.41. The molecule has 0 radical (unpaired) electrons. The molecule has 0 amide bonds. The van der Waals surface area contributed by atoms with Crippen molar-refractivity contribution in [2.45, 2.75) is 25.4 Å². The maximum absolute atomic E-state index is 11.8. The van der Waals surface area contributed by atoms with Crippen LogP contribution in [-0.4, -0.2) is 50.7 Å². The molecule has 6 rings (SSSR count). The summed E-state index contributed by atoms with van der Waals surface area (Å²) in [4.78, 5) is 39.4. The highest BCUT2D eigenvalue weighted by Crippen LogP contribution is 2.30. The second-order valence-corrected chi connectivity index (χ2v) is 9.48. The van der Waals surface area contributed by atoms with Crippen molar-refractivity contribution >= 4 is 22.7 Å². The number of hydrogen-bond acceptors (Lipinski definition) is 9. The summed E-state index contributed by atoms with van der Waals surface area (Å²) in [5, 5.41) is 3.21. The van der Waals surface area contributed by atoms with Gasteiger partial charge in [0.15, 0.2) is 17.2 Å². The zero-order chi connectivity index (χ0) is 26.2. The van der Waals surface area contributed by atoms with E-state index in [0.29, 0.717) is 17.3 Å². The average molecular weight is 510 g/mol. The monoisotopic (exact) mass is 509 g/mol. The van der Waals surface area contributed by atoms with Gasteiger partial charge in [-0.15, -0.1) is 0 Å². The molecule has 0 bridgehead atoms. The molecule has 192 valence electrons. The molecule has 4 heterocycles. The molecule has 0 spiro atoms. The van der Waals surface area contributed by atoms with E-state index < -0.39 is 10.9 Å². The van der Waals surface area contributed by atoms with E-state index in [0.717, 1.165) is 54.9 Å². The number of hydrogen-bond donors (Lipinski definition) is 2. The Morgan fingerprint density at radius 1 is 1.00 bits per heavy atom. The Balaban J connectivity index is 1.17. The molecule has 0 saturated carbocycles. The topological polar surface area (TPSA) is 128 Å². The van der Waals surface area contributed by atoms with Crippen LogP contribution < -0.4 is 26.6 Å². The Bertz CT molecular complexity index is 1680. The summed E-state index contributed by atoms with van der Waals surface area (Å²) in [5.74, 6) is 1.26. The van der Waals surface area contributed by atoms with Crippen LogP contribution in [0.4, 0.5) is 11.5 Å². The van der Waals surface area contributed by atoms with E-state index in [9.17, 15) is 9.59 Å². The first-order valence-electron chi connectivity index (χ1n) is 12.5. The van der Waals surface area contributed by atoms with Crippen LogP contribution >= 0.6 is 0 Å². The maximum atomic E-state index is 11.8. The number of nitrogens with two attached hydrogens (primary N) is 1. The Morgan fingerprint density at radius 2 is 1.74 bits per heavy atom. The van der Waals surface area contributed by atoms with Gasteiger partial charge in [0.1, 0.15) is 17.0 Å². The average Bonchev–Trinajstić information content (AvgIpc) is 3.33. The van der Waals surface area contributed by atoms with Gasteiger partial charge in [0.2, 0.25) is 0 Å². The lowest BCUT2D eigenvalue weighted by Gasteiger charge is -2.33. The zero-order valence-corrected chi connectivity index (χ0v) is 20.9. The third-order valence-corrected chi connectivity index (χ3v) is 7.10. The van der Waals surface area contributed by atoms with Crippen LogP contribution in [0.1, 0.15) is 18.4 Å². The molecule has 1 fully saturated rings. The van der Waals surface area contributed by atoms with Crippen LogP contribution in [-0.2, 0) is 6.54 Å². The quantitative estimate of drug-likeness (QED) is 0.318. The largest absolute Gasteiger partial charge is 0.491 e. The van der Waals surface area contributed by atoms with Gasteiger partial charge in [-0.3, -0.25) is 19.1 Å². The number of likely N-dealkylation sites (tertiary alicyclic amines) is 1.